The lowest BCUT2D eigenvalue weighted by molar-refractivity contribution is 0.102. The first-order chi connectivity index (χ1) is 11.1. The van der Waals surface area contributed by atoms with Crippen molar-refractivity contribution in [3.05, 3.63) is 53.2 Å². The van der Waals surface area contributed by atoms with E-state index in [1.54, 1.807) is 19.4 Å². The molecule has 0 aliphatic carbocycles. The zero-order chi connectivity index (χ0) is 16.7. The summed E-state index contributed by atoms with van der Waals surface area (Å²) in [6.07, 6.45) is 2.64. The molecular weight excluding hydrogens is 290 g/mol. The third-order valence-electron chi connectivity index (χ3n) is 3.63. The lowest BCUT2D eigenvalue weighted by Gasteiger charge is -2.08. The van der Waals surface area contributed by atoms with E-state index in [9.17, 15) is 4.79 Å². The molecule has 5 nitrogen and oxygen atoms in total. The normalized spacial score (nSPS) is 10.4. The fourth-order valence-corrected chi connectivity index (χ4v) is 2.09. The largest absolute Gasteiger partial charge is 0.385 e. The monoisotopic (exact) mass is 313 g/mol. The van der Waals surface area contributed by atoms with Crippen LogP contribution in [0.25, 0.3) is 0 Å². The number of amides is 1. The van der Waals surface area contributed by atoms with Crippen LogP contribution in [0.4, 0.5) is 11.5 Å². The summed E-state index contributed by atoms with van der Waals surface area (Å²) in [5, 5.41) is 6.06. The second kappa shape index (κ2) is 8.29. The van der Waals surface area contributed by atoms with Gasteiger partial charge in [-0.05, 0) is 55.7 Å². The highest BCUT2D eigenvalue weighted by Gasteiger charge is 2.07. The number of nitrogens with one attached hydrogen (secondary N) is 2. The molecule has 1 aromatic carbocycles. The molecule has 2 N–H and O–H groups in total. The summed E-state index contributed by atoms with van der Waals surface area (Å²) in [7, 11) is 1.69. The predicted molar refractivity (Wildman–Crippen MR) is 93.1 cm³/mol. The minimum atomic E-state index is -0.151. The summed E-state index contributed by atoms with van der Waals surface area (Å²) in [5.74, 6) is 0.386. The van der Waals surface area contributed by atoms with E-state index >= 15 is 0 Å². The molecule has 0 saturated carbocycles. The van der Waals surface area contributed by atoms with Gasteiger partial charge in [-0.15, -0.1) is 0 Å². The van der Waals surface area contributed by atoms with E-state index in [1.807, 2.05) is 38.1 Å². The maximum atomic E-state index is 12.2. The fourth-order valence-electron chi connectivity index (χ4n) is 2.09. The van der Waals surface area contributed by atoms with Gasteiger partial charge < -0.3 is 15.4 Å². The van der Waals surface area contributed by atoms with Crippen molar-refractivity contribution in [1.29, 1.82) is 0 Å². The van der Waals surface area contributed by atoms with Crippen LogP contribution in [-0.2, 0) is 4.74 Å². The molecule has 0 radical (unpaired) electrons. The molecule has 1 amide bonds. The average Bonchev–Trinajstić information content (AvgIpc) is 2.55. The Morgan fingerprint density at radius 3 is 2.65 bits per heavy atom. The number of anilines is 2. The molecule has 0 aliphatic rings. The number of methoxy groups -OCH3 is 1. The first kappa shape index (κ1) is 17.0. The van der Waals surface area contributed by atoms with Crippen molar-refractivity contribution in [3.8, 4) is 0 Å². The van der Waals surface area contributed by atoms with E-state index in [2.05, 4.69) is 15.6 Å². The fraction of sp³-hybridized carbons (Fsp3) is 0.333. The molecule has 5 heteroatoms. The van der Waals surface area contributed by atoms with Crippen LogP contribution in [-0.4, -0.2) is 31.2 Å². The van der Waals surface area contributed by atoms with Gasteiger partial charge in [0.2, 0.25) is 0 Å². The average molecular weight is 313 g/mol. The number of ether oxygens (including phenoxy) is 1. The second-order valence-electron chi connectivity index (χ2n) is 5.46. The maximum absolute atomic E-state index is 12.2. The van der Waals surface area contributed by atoms with E-state index in [0.29, 0.717) is 11.4 Å². The third kappa shape index (κ3) is 5.07. The highest BCUT2D eigenvalue weighted by atomic mass is 16.5. The highest BCUT2D eigenvalue weighted by Crippen LogP contribution is 2.13. The van der Waals surface area contributed by atoms with Crippen molar-refractivity contribution in [1.82, 2.24) is 4.98 Å². The number of carbonyl (C=O) groups is 1. The van der Waals surface area contributed by atoms with Crippen LogP contribution in [0.15, 0.2) is 36.5 Å². The van der Waals surface area contributed by atoms with Crippen molar-refractivity contribution in [2.45, 2.75) is 20.3 Å². The SMILES string of the molecule is COCCCNc1ccc(NC(=O)c2ccc(C)c(C)c2)nc1. The van der Waals surface area contributed by atoms with Gasteiger partial charge in [0.25, 0.3) is 5.91 Å². The second-order valence-corrected chi connectivity index (χ2v) is 5.46. The number of aromatic nitrogens is 1. The van der Waals surface area contributed by atoms with Crippen molar-refractivity contribution >= 4 is 17.4 Å². The van der Waals surface area contributed by atoms with Crippen molar-refractivity contribution in [3.63, 3.8) is 0 Å². The van der Waals surface area contributed by atoms with Crippen molar-refractivity contribution < 1.29 is 9.53 Å². The molecule has 0 atom stereocenters. The molecule has 122 valence electrons. The number of hydrogen-bond acceptors (Lipinski definition) is 4. The Balaban J connectivity index is 1.92. The number of aryl methyl sites for hydroxylation is 2. The van der Waals surface area contributed by atoms with Crippen LogP contribution in [0.1, 0.15) is 27.9 Å². The maximum Gasteiger partial charge on any atom is 0.256 e. The Hall–Kier alpha value is -2.40. The van der Waals surface area contributed by atoms with E-state index in [4.69, 9.17) is 4.74 Å². The van der Waals surface area contributed by atoms with Gasteiger partial charge in [-0.2, -0.15) is 0 Å². The standard InChI is InChI=1S/C18H23N3O2/c1-13-5-6-15(11-14(13)2)18(22)21-17-8-7-16(12-20-17)19-9-4-10-23-3/h5-8,11-12,19H,4,9-10H2,1-3H3,(H,20,21,22). The lowest BCUT2D eigenvalue weighted by Crippen LogP contribution is -2.13. The van der Waals surface area contributed by atoms with Crippen LogP contribution in [0.2, 0.25) is 0 Å². The molecule has 0 saturated heterocycles. The lowest BCUT2D eigenvalue weighted by atomic mass is 10.1. The van der Waals surface area contributed by atoms with E-state index in [-0.39, 0.29) is 5.91 Å². The van der Waals surface area contributed by atoms with Gasteiger partial charge >= 0.3 is 0 Å². The number of benzene rings is 1. The topological polar surface area (TPSA) is 63.2 Å². The first-order valence-electron chi connectivity index (χ1n) is 7.67. The Morgan fingerprint density at radius 2 is 2.00 bits per heavy atom. The van der Waals surface area contributed by atoms with E-state index in [0.717, 1.165) is 30.8 Å². The minimum Gasteiger partial charge on any atom is -0.385 e. The Morgan fingerprint density at radius 1 is 1.17 bits per heavy atom. The molecule has 0 bridgehead atoms. The molecule has 2 aromatic rings. The number of pyridine rings is 1. The third-order valence-corrected chi connectivity index (χ3v) is 3.63. The molecule has 0 unspecified atom stereocenters. The van der Waals surface area contributed by atoms with Gasteiger partial charge in [0.1, 0.15) is 5.82 Å². The molecule has 23 heavy (non-hydrogen) atoms. The first-order valence-corrected chi connectivity index (χ1v) is 7.67. The van der Waals surface area contributed by atoms with Crippen LogP contribution >= 0.6 is 0 Å². The van der Waals surface area contributed by atoms with Gasteiger partial charge in [-0.25, -0.2) is 4.98 Å². The number of rotatable bonds is 7. The summed E-state index contributed by atoms with van der Waals surface area (Å²) >= 11 is 0. The van der Waals surface area contributed by atoms with Crippen molar-refractivity contribution in [2.24, 2.45) is 0 Å². The molecule has 0 fully saturated rings. The summed E-state index contributed by atoms with van der Waals surface area (Å²) in [6.45, 7) is 5.57. The molecule has 2 rings (SSSR count). The van der Waals surface area contributed by atoms with E-state index < -0.39 is 0 Å². The van der Waals surface area contributed by atoms with Gasteiger partial charge in [0.05, 0.1) is 11.9 Å². The number of nitrogens with zero attached hydrogens (tertiary/aromatic N) is 1. The summed E-state index contributed by atoms with van der Waals surface area (Å²) in [5.41, 5.74) is 3.83. The summed E-state index contributed by atoms with van der Waals surface area (Å²) < 4.78 is 5.00. The Labute approximate surface area is 137 Å². The van der Waals surface area contributed by atoms with Crippen LogP contribution in [0.5, 0.6) is 0 Å². The Bertz CT molecular complexity index is 654. The zero-order valence-corrected chi connectivity index (χ0v) is 13.8. The summed E-state index contributed by atoms with van der Waals surface area (Å²) in [4.78, 5) is 16.5. The number of hydrogen-bond donors (Lipinski definition) is 2. The van der Waals surface area contributed by atoms with Crippen LogP contribution in [0.3, 0.4) is 0 Å². The van der Waals surface area contributed by atoms with E-state index in [1.165, 1.54) is 5.56 Å². The van der Waals surface area contributed by atoms with Gasteiger partial charge in [0.15, 0.2) is 0 Å². The molecule has 0 aliphatic heterocycles. The Kier molecular flexibility index (Phi) is 6.11. The van der Waals surface area contributed by atoms with Gasteiger partial charge in [0, 0.05) is 25.8 Å². The molecule has 0 spiro atoms. The summed E-state index contributed by atoms with van der Waals surface area (Å²) in [6, 6.07) is 9.35. The highest BCUT2D eigenvalue weighted by molar-refractivity contribution is 6.03. The van der Waals surface area contributed by atoms with Crippen LogP contribution in [0, 0.1) is 13.8 Å². The van der Waals surface area contributed by atoms with Gasteiger partial charge in [-0.1, -0.05) is 6.07 Å². The molecule has 1 aromatic heterocycles. The van der Waals surface area contributed by atoms with Crippen LogP contribution < -0.4 is 10.6 Å². The number of carbonyl (C=O) groups excluding carboxylic acids is 1. The quantitative estimate of drug-likeness (QED) is 0.769. The minimum absolute atomic E-state index is 0.151. The van der Waals surface area contributed by atoms with Crippen molar-refractivity contribution in [2.75, 3.05) is 30.9 Å². The smallest absolute Gasteiger partial charge is 0.256 e. The van der Waals surface area contributed by atoms with Gasteiger partial charge in [-0.3, -0.25) is 4.79 Å². The predicted octanol–water partition coefficient (Wildman–Crippen LogP) is 3.40. The molecular formula is C18H23N3O2. The zero-order valence-electron chi connectivity index (χ0n) is 13.8. The molecule has 1 heterocycles.